The van der Waals surface area contributed by atoms with E-state index in [1.807, 2.05) is 0 Å². The van der Waals surface area contributed by atoms with Gasteiger partial charge in [0.1, 0.15) is 16.0 Å². The van der Waals surface area contributed by atoms with E-state index in [1.165, 1.54) is 47.1 Å². The fourth-order valence-corrected chi connectivity index (χ4v) is 4.75. The van der Waals surface area contributed by atoms with E-state index in [0.29, 0.717) is 21.6 Å². The summed E-state index contributed by atoms with van der Waals surface area (Å²) in [4.78, 5) is 39.5. The third-order valence-corrected chi connectivity index (χ3v) is 6.52. The topological polar surface area (TPSA) is 111 Å². The molecule has 33 heavy (non-hydrogen) atoms. The number of imide groups is 1. The fourth-order valence-electron chi connectivity index (χ4n) is 3.90. The maximum absolute atomic E-state index is 13.3. The number of halogens is 2. The second-order valence-electron chi connectivity index (χ2n) is 7.60. The molecule has 4 heterocycles. The number of alkyl halides is 2. The number of aromatic nitrogens is 4. The first-order valence-electron chi connectivity index (χ1n) is 9.70. The van der Waals surface area contributed by atoms with Crippen LogP contribution in [0.5, 0.6) is 5.75 Å². The first-order chi connectivity index (χ1) is 15.7. The smallest absolute Gasteiger partial charge is 0.387 e. The van der Waals surface area contributed by atoms with Crippen LogP contribution in [0, 0.1) is 0 Å². The van der Waals surface area contributed by atoms with Gasteiger partial charge in [0.05, 0.1) is 12.1 Å². The van der Waals surface area contributed by atoms with Gasteiger partial charge in [-0.1, -0.05) is 12.1 Å². The Labute approximate surface area is 188 Å². The molecule has 170 valence electrons. The van der Waals surface area contributed by atoms with Gasteiger partial charge in [-0.3, -0.25) is 23.5 Å². The first-order valence-corrected chi connectivity index (χ1v) is 10.6. The maximum atomic E-state index is 13.3. The van der Waals surface area contributed by atoms with Crippen LogP contribution < -0.4 is 15.6 Å². The molecule has 1 aliphatic rings. The number of hydrogen-bond donors (Lipinski definition) is 1. The number of hydrogen-bond acceptors (Lipinski definition) is 7. The Morgan fingerprint density at radius 2 is 1.88 bits per heavy atom. The fraction of sp³-hybridized carbons (Fsp3) is 0.250. The number of ether oxygens (including phenoxy) is 1. The van der Waals surface area contributed by atoms with Crippen molar-refractivity contribution in [3.05, 3.63) is 57.5 Å². The first kappa shape index (κ1) is 21.0. The molecule has 3 amide bonds. The lowest BCUT2D eigenvalue weighted by Gasteiger charge is -2.22. The summed E-state index contributed by atoms with van der Waals surface area (Å²) in [7, 11) is 1.57. The summed E-state index contributed by atoms with van der Waals surface area (Å²) >= 11 is 1.27. The lowest BCUT2D eigenvalue weighted by molar-refractivity contribution is -0.131. The highest BCUT2D eigenvalue weighted by Crippen LogP contribution is 2.31. The van der Waals surface area contributed by atoms with Gasteiger partial charge < -0.3 is 10.1 Å². The SMILES string of the molecule is Cn1c(=O)c2sccc2n2c(CN3C(=O)NC(C)(c4ccc(OC(F)F)cc4)C3=O)nnc12. The number of urea groups is 1. The van der Waals surface area contributed by atoms with Crippen LogP contribution in [0.25, 0.3) is 16.0 Å². The molecule has 1 N–H and O–H groups in total. The zero-order chi connectivity index (χ0) is 23.5. The Bertz CT molecular complexity index is 1480. The molecule has 5 rings (SSSR count). The molecule has 3 aromatic heterocycles. The van der Waals surface area contributed by atoms with Crippen LogP contribution in [0.2, 0.25) is 0 Å². The minimum absolute atomic E-state index is 0.0636. The highest BCUT2D eigenvalue weighted by atomic mass is 32.1. The number of fused-ring (bicyclic) bond motifs is 3. The molecule has 0 spiro atoms. The minimum Gasteiger partial charge on any atom is -0.435 e. The van der Waals surface area contributed by atoms with Crippen molar-refractivity contribution in [2.75, 3.05) is 0 Å². The summed E-state index contributed by atoms with van der Waals surface area (Å²) < 4.78 is 32.6. The summed E-state index contributed by atoms with van der Waals surface area (Å²) in [6.45, 7) is -1.63. The van der Waals surface area contributed by atoms with Crippen molar-refractivity contribution in [2.45, 2.75) is 25.6 Å². The Morgan fingerprint density at radius 3 is 2.58 bits per heavy atom. The number of amides is 3. The van der Waals surface area contributed by atoms with Crippen LogP contribution >= 0.6 is 11.3 Å². The monoisotopic (exact) mass is 474 g/mol. The number of thiophene rings is 1. The molecule has 10 nitrogen and oxygen atoms in total. The molecule has 1 atom stereocenters. The van der Waals surface area contributed by atoms with Gasteiger partial charge in [-0.15, -0.1) is 21.5 Å². The largest absolute Gasteiger partial charge is 0.435 e. The molecule has 0 aliphatic carbocycles. The zero-order valence-electron chi connectivity index (χ0n) is 17.3. The lowest BCUT2D eigenvalue weighted by Crippen LogP contribution is -2.40. The summed E-state index contributed by atoms with van der Waals surface area (Å²) in [6.07, 6.45) is 0. The molecule has 1 saturated heterocycles. The average Bonchev–Trinajstić information content (AvgIpc) is 3.46. The highest BCUT2D eigenvalue weighted by Gasteiger charge is 2.49. The van der Waals surface area contributed by atoms with Crippen LogP contribution in [0.15, 0.2) is 40.5 Å². The Morgan fingerprint density at radius 1 is 1.15 bits per heavy atom. The van der Waals surface area contributed by atoms with Gasteiger partial charge in [-0.2, -0.15) is 8.78 Å². The Hall–Kier alpha value is -3.87. The molecule has 1 unspecified atom stereocenters. The van der Waals surface area contributed by atoms with E-state index in [-0.39, 0.29) is 23.6 Å². The van der Waals surface area contributed by atoms with E-state index >= 15 is 0 Å². The quantitative estimate of drug-likeness (QED) is 0.444. The maximum Gasteiger partial charge on any atom is 0.387 e. The molecule has 4 aromatic rings. The average molecular weight is 474 g/mol. The molecular formula is C20H16F2N6O4S. The molecular weight excluding hydrogens is 458 g/mol. The number of benzene rings is 1. The van der Waals surface area contributed by atoms with Gasteiger partial charge in [0.15, 0.2) is 5.82 Å². The van der Waals surface area contributed by atoms with Gasteiger partial charge in [-0.25, -0.2) is 4.79 Å². The van der Waals surface area contributed by atoms with Gasteiger partial charge in [0.2, 0.25) is 5.78 Å². The second-order valence-corrected chi connectivity index (χ2v) is 8.52. The molecule has 1 fully saturated rings. The van der Waals surface area contributed by atoms with Gasteiger partial charge in [0, 0.05) is 7.05 Å². The Kier molecular flexibility index (Phi) is 4.67. The van der Waals surface area contributed by atoms with E-state index in [2.05, 4.69) is 20.3 Å². The van der Waals surface area contributed by atoms with Crippen molar-refractivity contribution >= 4 is 39.3 Å². The van der Waals surface area contributed by atoms with Crippen molar-refractivity contribution in [2.24, 2.45) is 7.05 Å². The van der Waals surface area contributed by atoms with Crippen molar-refractivity contribution < 1.29 is 23.1 Å². The van der Waals surface area contributed by atoms with Crippen molar-refractivity contribution in [1.82, 2.24) is 29.4 Å². The van der Waals surface area contributed by atoms with Crippen molar-refractivity contribution in [1.29, 1.82) is 0 Å². The summed E-state index contributed by atoms with van der Waals surface area (Å²) in [6, 6.07) is 6.59. The minimum atomic E-state index is -2.97. The van der Waals surface area contributed by atoms with Crippen LogP contribution in [0.1, 0.15) is 18.3 Å². The van der Waals surface area contributed by atoms with E-state index in [4.69, 9.17) is 0 Å². The van der Waals surface area contributed by atoms with Gasteiger partial charge in [0.25, 0.3) is 11.5 Å². The molecule has 0 radical (unpaired) electrons. The van der Waals surface area contributed by atoms with E-state index in [0.717, 1.165) is 4.90 Å². The van der Waals surface area contributed by atoms with E-state index in [1.54, 1.807) is 22.9 Å². The summed E-state index contributed by atoms with van der Waals surface area (Å²) in [5.74, 6) is -0.0211. The molecule has 1 aromatic carbocycles. The lowest BCUT2D eigenvalue weighted by atomic mass is 9.92. The Balaban J connectivity index is 1.49. The molecule has 1 aliphatic heterocycles. The molecule has 0 saturated carbocycles. The van der Waals surface area contributed by atoms with Crippen LogP contribution in [0.3, 0.4) is 0 Å². The number of nitrogens with zero attached hydrogens (tertiary/aromatic N) is 5. The number of aryl methyl sites for hydroxylation is 1. The number of carbonyl (C=O) groups excluding carboxylic acids is 2. The third kappa shape index (κ3) is 3.15. The second kappa shape index (κ2) is 7.33. The molecule has 13 heteroatoms. The van der Waals surface area contributed by atoms with Gasteiger partial charge in [-0.05, 0) is 36.1 Å². The van der Waals surface area contributed by atoms with Gasteiger partial charge >= 0.3 is 12.6 Å². The van der Waals surface area contributed by atoms with E-state index in [9.17, 15) is 23.2 Å². The predicted molar refractivity (Wildman–Crippen MR) is 113 cm³/mol. The number of carbonyl (C=O) groups is 2. The molecule has 0 bridgehead atoms. The summed E-state index contributed by atoms with van der Waals surface area (Å²) in [5.41, 5.74) is -0.639. The van der Waals surface area contributed by atoms with Crippen LogP contribution in [-0.2, 0) is 23.9 Å². The van der Waals surface area contributed by atoms with Crippen LogP contribution in [-0.4, -0.2) is 42.6 Å². The normalized spacial score (nSPS) is 18.6. The predicted octanol–water partition coefficient (Wildman–Crippen LogP) is 2.21. The number of nitrogens with one attached hydrogen (secondary N) is 1. The number of rotatable bonds is 5. The zero-order valence-corrected chi connectivity index (χ0v) is 18.1. The highest BCUT2D eigenvalue weighted by molar-refractivity contribution is 7.17. The summed E-state index contributed by atoms with van der Waals surface area (Å²) in [5, 5.41) is 12.6. The van der Waals surface area contributed by atoms with Crippen LogP contribution in [0.4, 0.5) is 13.6 Å². The van der Waals surface area contributed by atoms with Crippen molar-refractivity contribution in [3.63, 3.8) is 0 Å². The standard InChI is InChI=1S/C20H16F2N6O4S/c1-20(10-3-5-11(6-4-10)32-17(21)22)16(30)27(19(31)23-20)9-13-24-25-18-26(2)15(29)14-12(28(13)18)7-8-33-14/h3-8,17H,9H2,1-2H3,(H,23,31). The van der Waals surface area contributed by atoms with E-state index < -0.39 is 24.1 Å². The van der Waals surface area contributed by atoms with Crippen molar-refractivity contribution in [3.8, 4) is 5.75 Å². The third-order valence-electron chi connectivity index (χ3n) is 5.63.